The number of fused-ring (bicyclic) bond motifs is 1. The van der Waals surface area contributed by atoms with E-state index in [4.69, 9.17) is 11.6 Å². The molecule has 0 saturated carbocycles. The minimum Gasteiger partial charge on any atom is -0.357 e. The molecule has 0 aliphatic heterocycles. The van der Waals surface area contributed by atoms with Gasteiger partial charge in [0.15, 0.2) is 0 Å². The lowest BCUT2D eigenvalue weighted by Gasteiger charge is -2.04. The average molecular weight is 327 g/mol. The maximum Gasteiger partial charge on any atom is 0.217 e. The van der Waals surface area contributed by atoms with Gasteiger partial charge in [0.05, 0.1) is 35.3 Å². The molecule has 0 atom stereocenters. The summed E-state index contributed by atoms with van der Waals surface area (Å²) in [4.78, 5) is 22.9. The molecule has 0 aliphatic rings. The van der Waals surface area contributed by atoms with E-state index < -0.39 is 0 Å². The Kier molecular flexibility index (Phi) is 4.12. The van der Waals surface area contributed by atoms with Gasteiger partial charge in [-0.3, -0.25) is 14.8 Å². The van der Waals surface area contributed by atoms with Crippen LogP contribution in [0.5, 0.6) is 0 Å². The molecule has 0 fully saturated rings. The normalized spacial score (nSPS) is 10.7. The molecule has 0 saturated heterocycles. The van der Waals surface area contributed by atoms with Gasteiger partial charge in [-0.25, -0.2) is 0 Å². The van der Waals surface area contributed by atoms with Crippen LogP contribution in [0.1, 0.15) is 18.3 Å². The highest BCUT2D eigenvalue weighted by molar-refractivity contribution is 6.34. The van der Waals surface area contributed by atoms with Crippen LogP contribution in [0.15, 0.2) is 37.2 Å². The summed E-state index contributed by atoms with van der Waals surface area (Å²) >= 11 is 6.38. The summed E-state index contributed by atoms with van der Waals surface area (Å²) < 4.78 is 0. The number of halogens is 1. The lowest BCUT2D eigenvalue weighted by atomic mass is 10.1. The number of benzene rings is 1. The first-order chi connectivity index (χ1) is 11.1. The van der Waals surface area contributed by atoms with Crippen molar-refractivity contribution in [2.45, 2.75) is 13.5 Å². The van der Waals surface area contributed by atoms with Crippen LogP contribution in [0.3, 0.4) is 0 Å². The number of H-pyrrole nitrogens is 1. The van der Waals surface area contributed by atoms with E-state index in [0.717, 1.165) is 22.2 Å². The molecule has 0 unspecified atom stereocenters. The molecule has 2 heterocycles. The van der Waals surface area contributed by atoms with Crippen LogP contribution in [-0.4, -0.2) is 20.9 Å². The van der Waals surface area contributed by atoms with Crippen LogP contribution >= 0.6 is 11.6 Å². The fraction of sp³-hybridized carbons (Fsp3) is 0.118. The SMILES string of the molecule is C=Cc1cnc(-c2cc3[nH]c(CNC(C)=O)cc3cc2Cl)cn1. The van der Waals surface area contributed by atoms with Gasteiger partial charge in [-0.1, -0.05) is 18.2 Å². The highest BCUT2D eigenvalue weighted by atomic mass is 35.5. The molecular weight excluding hydrogens is 312 g/mol. The summed E-state index contributed by atoms with van der Waals surface area (Å²) in [6.07, 6.45) is 4.96. The molecule has 116 valence electrons. The van der Waals surface area contributed by atoms with Gasteiger partial charge in [-0.05, 0) is 24.3 Å². The molecule has 3 aromatic rings. The van der Waals surface area contributed by atoms with E-state index in [2.05, 4.69) is 26.8 Å². The van der Waals surface area contributed by atoms with Crippen LogP contribution in [0.4, 0.5) is 0 Å². The van der Waals surface area contributed by atoms with Crippen molar-refractivity contribution in [3.63, 3.8) is 0 Å². The van der Waals surface area contributed by atoms with E-state index in [9.17, 15) is 4.79 Å². The molecule has 0 bridgehead atoms. The Hall–Kier alpha value is -2.66. The lowest BCUT2D eigenvalue weighted by Crippen LogP contribution is -2.18. The van der Waals surface area contributed by atoms with Gasteiger partial charge < -0.3 is 10.3 Å². The van der Waals surface area contributed by atoms with Crippen molar-refractivity contribution >= 4 is 34.5 Å². The van der Waals surface area contributed by atoms with Crippen molar-refractivity contribution in [2.24, 2.45) is 0 Å². The molecular formula is C17H15ClN4O. The second-order valence-electron chi connectivity index (χ2n) is 5.15. The zero-order chi connectivity index (χ0) is 16.4. The summed E-state index contributed by atoms with van der Waals surface area (Å²) in [5, 5.41) is 4.34. The molecule has 0 spiro atoms. The maximum absolute atomic E-state index is 11.0. The molecule has 0 aliphatic carbocycles. The first-order valence-electron chi connectivity index (χ1n) is 7.07. The lowest BCUT2D eigenvalue weighted by molar-refractivity contribution is -0.119. The molecule has 5 nitrogen and oxygen atoms in total. The van der Waals surface area contributed by atoms with Crippen molar-refractivity contribution < 1.29 is 4.79 Å². The van der Waals surface area contributed by atoms with Crippen molar-refractivity contribution in [1.82, 2.24) is 20.3 Å². The van der Waals surface area contributed by atoms with E-state index in [1.807, 2.05) is 18.2 Å². The van der Waals surface area contributed by atoms with E-state index >= 15 is 0 Å². The third-order valence-electron chi connectivity index (χ3n) is 3.45. The first kappa shape index (κ1) is 15.2. The topological polar surface area (TPSA) is 70.7 Å². The minimum atomic E-state index is -0.0695. The van der Waals surface area contributed by atoms with Gasteiger partial charge in [0.2, 0.25) is 5.91 Å². The van der Waals surface area contributed by atoms with Gasteiger partial charge in [0.25, 0.3) is 0 Å². The second-order valence-corrected chi connectivity index (χ2v) is 5.56. The molecule has 23 heavy (non-hydrogen) atoms. The molecule has 1 aromatic carbocycles. The fourth-order valence-electron chi connectivity index (χ4n) is 2.31. The van der Waals surface area contributed by atoms with Crippen molar-refractivity contribution in [1.29, 1.82) is 0 Å². The van der Waals surface area contributed by atoms with Crippen molar-refractivity contribution in [2.75, 3.05) is 0 Å². The van der Waals surface area contributed by atoms with Crippen LogP contribution in [-0.2, 0) is 11.3 Å². The van der Waals surface area contributed by atoms with Crippen molar-refractivity contribution in [3.05, 3.63) is 53.6 Å². The predicted octanol–water partition coefficient (Wildman–Crippen LogP) is 3.56. The van der Waals surface area contributed by atoms with E-state index in [1.165, 1.54) is 6.92 Å². The van der Waals surface area contributed by atoms with Gasteiger partial charge in [0, 0.05) is 29.1 Å². The highest BCUT2D eigenvalue weighted by Crippen LogP contribution is 2.31. The Morgan fingerprint density at radius 1 is 1.35 bits per heavy atom. The summed E-state index contributed by atoms with van der Waals surface area (Å²) in [7, 11) is 0. The molecule has 3 rings (SSSR count). The maximum atomic E-state index is 11.0. The number of hydrogen-bond donors (Lipinski definition) is 2. The number of nitrogens with one attached hydrogen (secondary N) is 2. The molecule has 2 aromatic heterocycles. The van der Waals surface area contributed by atoms with Gasteiger partial charge >= 0.3 is 0 Å². The van der Waals surface area contributed by atoms with Gasteiger partial charge in [-0.15, -0.1) is 0 Å². The molecule has 0 radical (unpaired) electrons. The van der Waals surface area contributed by atoms with Gasteiger partial charge in [0.1, 0.15) is 0 Å². The van der Waals surface area contributed by atoms with Gasteiger partial charge in [-0.2, -0.15) is 0 Å². The number of aromatic nitrogens is 3. The third kappa shape index (κ3) is 3.24. The largest absolute Gasteiger partial charge is 0.357 e. The number of carbonyl (C=O) groups is 1. The predicted molar refractivity (Wildman–Crippen MR) is 91.9 cm³/mol. The summed E-state index contributed by atoms with van der Waals surface area (Å²) in [6.45, 7) is 5.60. The number of hydrogen-bond acceptors (Lipinski definition) is 3. The summed E-state index contributed by atoms with van der Waals surface area (Å²) in [5.41, 5.74) is 4.05. The third-order valence-corrected chi connectivity index (χ3v) is 3.76. The average Bonchev–Trinajstić information content (AvgIpc) is 2.94. The Morgan fingerprint density at radius 3 is 2.83 bits per heavy atom. The number of amides is 1. The number of carbonyl (C=O) groups excluding carboxylic acids is 1. The number of nitrogens with zero attached hydrogens (tertiary/aromatic N) is 2. The standard InChI is InChI=1S/C17H15ClN4O/c1-3-12-7-21-17(9-20-12)14-6-16-11(5-15(14)18)4-13(22-16)8-19-10(2)23/h3-7,9,22H,1,8H2,2H3,(H,19,23). The van der Waals surface area contributed by atoms with E-state index in [1.54, 1.807) is 18.5 Å². The Labute approximate surface area is 138 Å². The summed E-state index contributed by atoms with van der Waals surface area (Å²) in [5.74, 6) is -0.0695. The smallest absolute Gasteiger partial charge is 0.217 e. The Balaban J connectivity index is 1.98. The number of rotatable bonds is 4. The summed E-state index contributed by atoms with van der Waals surface area (Å²) in [6, 6.07) is 5.78. The quantitative estimate of drug-likeness (QED) is 0.770. The fourth-order valence-corrected chi connectivity index (χ4v) is 2.58. The number of aromatic amines is 1. The van der Waals surface area contributed by atoms with Crippen LogP contribution in [0.2, 0.25) is 5.02 Å². The second kappa shape index (κ2) is 6.22. The van der Waals surface area contributed by atoms with Crippen LogP contribution in [0.25, 0.3) is 28.2 Å². The molecule has 2 N–H and O–H groups in total. The zero-order valence-electron chi connectivity index (χ0n) is 12.6. The first-order valence-corrected chi connectivity index (χ1v) is 7.45. The Bertz CT molecular complexity index is 883. The van der Waals surface area contributed by atoms with E-state index in [-0.39, 0.29) is 5.91 Å². The Morgan fingerprint density at radius 2 is 2.17 bits per heavy atom. The highest BCUT2D eigenvalue weighted by Gasteiger charge is 2.10. The molecule has 1 amide bonds. The minimum absolute atomic E-state index is 0.0695. The zero-order valence-corrected chi connectivity index (χ0v) is 13.3. The van der Waals surface area contributed by atoms with Crippen molar-refractivity contribution in [3.8, 4) is 11.3 Å². The van der Waals surface area contributed by atoms with Crippen LogP contribution in [0, 0.1) is 0 Å². The van der Waals surface area contributed by atoms with E-state index in [0.29, 0.717) is 23.0 Å². The monoisotopic (exact) mass is 326 g/mol. The molecule has 6 heteroatoms. The van der Waals surface area contributed by atoms with Crippen LogP contribution < -0.4 is 5.32 Å².